The summed E-state index contributed by atoms with van der Waals surface area (Å²) < 4.78 is 5.41. The van der Waals surface area contributed by atoms with Gasteiger partial charge in [0.1, 0.15) is 5.75 Å². The molecule has 0 aromatic heterocycles. The maximum atomic E-state index is 12.0. The van der Waals surface area contributed by atoms with Gasteiger partial charge in [-0.25, -0.2) is 0 Å². The van der Waals surface area contributed by atoms with Crippen LogP contribution in [0.5, 0.6) is 5.75 Å². The molecule has 0 heterocycles. The highest BCUT2D eigenvalue weighted by atomic mass is 35.5. The number of thiocarbonyl (C=S) groups is 1. The van der Waals surface area contributed by atoms with Crippen LogP contribution in [-0.4, -0.2) is 23.5 Å². The van der Waals surface area contributed by atoms with Gasteiger partial charge < -0.3 is 4.74 Å². The zero-order valence-corrected chi connectivity index (χ0v) is 15.8. The van der Waals surface area contributed by atoms with Crippen LogP contribution in [0.2, 0.25) is 5.02 Å². The zero-order valence-electron chi connectivity index (χ0n) is 14.3. The maximum Gasteiger partial charge on any atom is 0.276 e. The fourth-order valence-corrected chi connectivity index (χ4v) is 2.36. The van der Waals surface area contributed by atoms with Gasteiger partial charge >= 0.3 is 0 Å². The minimum Gasteiger partial charge on any atom is -0.483 e. The van der Waals surface area contributed by atoms with Gasteiger partial charge in [-0.1, -0.05) is 29.3 Å². The van der Waals surface area contributed by atoms with Crippen LogP contribution in [0.3, 0.4) is 0 Å². The van der Waals surface area contributed by atoms with Crippen molar-refractivity contribution >= 4 is 40.7 Å². The largest absolute Gasteiger partial charge is 0.483 e. The number of benzene rings is 2. The molecule has 0 spiro atoms. The second-order valence-electron chi connectivity index (χ2n) is 5.52. The molecular formula is C18H18ClN3O3S. The van der Waals surface area contributed by atoms with Crippen molar-refractivity contribution in [2.45, 2.75) is 13.8 Å². The van der Waals surface area contributed by atoms with E-state index in [-0.39, 0.29) is 17.6 Å². The van der Waals surface area contributed by atoms with Gasteiger partial charge in [0.05, 0.1) is 0 Å². The molecule has 2 aromatic carbocycles. The maximum absolute atomic E-state index is 12.0. The Bertz CT molecular complexity index is 825. The lowest BCUT2D eigenvalue weighted by molar-refractivity contribution is -0.123. The van der Waals surface area contributed by atoms with Crippen LogP contribution in [0.1, 0.15) is 21.5 Å². The summed E-state index contributed by atoms with van der Waals surface area (Å²) in [4.78, 5) is 23.8. The number of hydrogen-bond acceptors (Lipinski definition) is 4. The first-order chi connectivity index (χ1) is 12.3. The van der Waals surface area contributed by atoms with E-state index in [0.29, 0.717) is 16.3 Å². The zero-order chi connectivity index (χ0) is 19.1. The van der Waals surface area contributed by atoms with E-state index >= 15 is 0 Å². The molecule has 2 amide bonds. The molecule has 8 heteroatoms. The van der Waals surface area contributed by atoms with Gasteiger partial charge in [-0.05, 0) is 62.0 Å². The van der Waals surface area contributed by atoms with Crippen molar-refractivity contribution in [2.24, 2.45) is 0 Å². The van der Waals surface area contributed by atoms with Crippen LogP contribution in [0.4, 0.5) is 0 Å². The van der Waals surface area contributed by atoms with Crippen LogP contribution in [0.15, 0.2) is 42.5 Å². The normalized spacial score (nSPS) is 9.96. The highest BCUT2D eigenvalue weighted by Gasteiger charge is 2.09. The first-order valence-corrected chi connectivity index (χ1v) is 8.49. The summed E-state index contributed by atoms with van der Waals surface area (Å²) in [6.07, 6.45) is 0. The van der Waals surface area contributed by atoms with Crippen molar-refractivity contribution in [3.8, 4) is 5.75 Å². The van der Waals surface area contributed by atoms with Crippen molar-refractivity contribution in [3.63, 3.8) is 0 Å². The molecule has 0 radical (unpaired) electrons. The van der Waals surface area contributed by atoms with Crippen LogP contribution in [0.25, 0.3) is 0 Å². The van der Waals surface area contributed by atoms with Crippen molar-refractivity contribution in [3.05, 3.63) is 64.2 Å². The fourth-order valence-electron chi connectivity index (χ4n) is 1.99. The second kappa shape index (κ2) is 9.17. The first kappa shape index (κ1) is 19.7. The summed E-state index contributed by atoms with van der Waals surface area (Å²) in [5.74, 6) is -0.268. The molecule has 0 saturated heterocycles. The number of carbonyl (C=O) groups excluding carboxylic acids is 2. The Morgan fingerprint density at radius 3 is 2.42 bits per heavy atom. The predicted molar refractivity (Wildman–Crippen MR) is 104 cm³/mol. The van der Waals surface area contributed by atoms with Gasteiger partial charge in [-0.2, -0.15) is 0 Å². The van der Waals surface area contributed by atoms with Crippen LogP contribution < -0.4 is 20.9 Å². The van der Waals surface area contributed by atoms with Crippen LogP contribution >= 0.6 is 23.8 Å². The minimum absolute atomic E-state index is 0.0217. The number of amides is 2. The molecule has 0 aliphatic heterocycles. The van der Waals surface area contributed by atoms with E-state index in [1.165, 1.54) is 0 Å². The lowest BCUT2D eigenvalue weighted by Crippen LogP contribution is -2.49. The topological polar surface area (TPSA) is 79.5 Å². The lowest BCUT2D eigenvalue weighted by atomic mass is 10.1. The van der Waals surface area contributed by atoms with Gasteiger partial charge in [-0.3, -0.25) is 25.8 Å². The molecule has 26 heavy (non-hydrogen) atoms. The predicted octanol–water partition coefficient (Wildman–Crippen LogP) is 2.67. The van der Waals surface area contributed by atoms with Crippen molar-refractivity contribution in [2.75, 3.05) is 6.61 Å². The molecule has 0 bridgehead atoms. The molecule has 0 aliphatic carbocycles. The summed E-state index contributed by atoms with van der Waals surface area (Å²) in [7, 11) is 0. The number of halogens is 1. The van der Waals surface area contributed by atoms with E-state index in [9.17, 15) is 9.59 Å². The SMILES string of the molecule is Cc1ccc(C(=O)NC(=S)NNC(=O)COc2ccc(Cl)cc2C)cc1. The Morgan fingerprint density at radius 2 is 1.77 bits per heavy atom. The third-order valence-corrected chi connectivity index (χ3v) is 3.79. The molecule has 0 unspecified atom stereocenters. The monoisotopic (exact) mass is 391 g/mol. The number of hydrazine groups is 1. The molecule has 0 atom stereocenters. The Kier molecular flexibility index (Phi) is 6.94. The van der Waals surface area contributed by atoms with E-state index in [1.54, 1.807) is 30.3 Å². The molecule has 3 N–H and O–H groups in total. The number of aryl methyl sites for hydroxylation is 2. The molecule has 2 aromatic rings. The van der Waals surface area contributed by atoms with E-state index < -0.39 is 5.91 Å². The van der Waals surface area contributed by atoms with Crippen molar-refractivity contribution < 1.29 is 14.3 Å². The lowest BCUT2D eigenvalue weighted by Gasteiger charge is -2.12. The van der Waals surface area contributed by atoms with Gasteiger partial charge in [0, 0.05) is 10.6 Å². The van der Waals surface area contributed by atoms with E-state index in [0.717, 1.165) is 11.1 Å². The van der Waals surface area contributed by atoms with Gasteiger partial charge in [0.15, 0.2) is 11.7 Å². The second-order valence-corrected chi connectivity index (χ2v) is 6.37. The van der Waals surface area contributed by atoms with E-state index in [2.05, 4.69) is 16.2 Å². The summed E-state index contributed by atoms with van der Waals surface area (Å²) in [5.41, 5.74) is 7.14. The average Bonchev–Trinajstić information content (AvgIpc) is 2.59. The Balaban J connectivity index is 1.75. The number of hydrogen-bond donors (Lipinski definition) is 3. The van der Waals surface area contributed by atoms with Crippen LogP contribution in [-0.2, 0) is 4.79 Å². The fraction of sp³-hybridized carbons (Fsp3) is 0.167. The highest BCUT2D eigenvalue weighted by molar-refractivity contribution is 7.80. The molecular weight excluding hydrogens is 374 g/mol. The van der Waals surface area contributed by atoms with Gasteiger partial charge in [0.2, 0.25) is 0 Å². The minimum atomic E-state index is -0.453. The highest BCUT2D eigenvalue weighted by Crippen LogP contribution is 2.21. The average molecular weight is 392 g/mol. The Hall–Kier alpha value is -2.64. The van der Waals surface area contributed by atoms with Crippen LogP contribution in [0, 0.1) is 13.8 Å². The molecule has 2 rings (SSSR count). The first-order valence-electron chi connectivity index (χ1n) is 7.71. The summed E-state index contributed by atoms with van der Waals surface area (Å²) >= 11 is 10.8. The van der Waals surface area contributed by atoms with E-state index in [1.807, 2.05) is 26.0 Å². The summed E-state index contributed by atoms with van der Waals surface area (Å²) in [6, 6.07) is 12.1. The van der Waals surface area contributed by atoms with E-state index in [4.69, 9.17) is 28.6 Å². The van der Waals surface area contributed by atoms with Gasteiger partial charge in [-0.15, -0.1) is 0 Å². The summed E-state index contributed by atoms with van der Waals surface area (Å²) in [5, 5.41) is 3.04. The Labute approximate surface area is 161 Å². The van der Waals surface area contributed by atoms with Crippen molar-refractivity contribution in [1.82, 2.24) is 16.2 Å². The van der Waals surface area contributed by atoms with Crippen molar-refractivity contribution in [1.29, 1.82) is 0 Å². The molecule has 136 valence electrons. The standard InChI is InChI=1S/C18H18ClN3O3S/c1-11-3-5-13(6-4-11)17(24)20-18(26)22-21-16(23)10-25-15-8-7-14(19)9-12(15)2/h3-9H,10H2,1-2H3,(H,21,23)(H2,20,22,24,26). The molecule has 0 aliphatic rings. The summed E-state index contributed by atoms with van der Waals surface area (Å²) in [6.45, 7) is 3.54. The number of nitrogens with one attached hydrogen (secondary N) is 3. The number of rotatable bonds is 4. The Morgan fingerprint density at radius 1 is 1.08 bits per heavy atom. The molecule has 0 saturated carbocycles. The molecule has 6 nitrogen and oxygen atoms in total. The quantitative estimate of drug-likeness (QED) is 0.551. The third-order valence-electron chi connectivity index (χ3n) is 3.35. The smallest absolute Gasteiger partial charge is 0.276 e. The molecule has 0 fully saturated rings. The number of ether oxygens (including phenoxy) is 1. The third kappa shape index (κ3) is 6.02. The van der Waals surface area contributed by atoms with Gasteiger partial charge in [0.25, 0.3) is 11.8 Å². The number of carbonyl (C=O) groups is 2.